The Morgan fingerprint density at radius 1 is 1.29 bits per heavy atom. The fourth-order valence-electron chi connectivity index (χ4n) is 3.30. The zero-order chi connectivity index (χ0) is 16.2. The lowest BCUT2D eigenvalue weighted by Crippen LogP contribution is -2.52. The molecular formula is C19H26ClN3O. The maximum Gasteiger partial charge on any atom is 0.234 e. The monoisotopic (exact) mass is 347 g/mol. The van der Waals surface area contributed by atoms with Crippen LogP contribution in [0.5, 0.6) is 0 Å². The third-order valence-corrected chi connectivity index (χ3v) is 4.65. The average Bonchev–Trinajstić information content (AvgIpc) is 2.56. The van der Waals surface area contributed by atoms with Gasteiger partial charge in [0.25, 0.3) is 0 Å². The van der Waals surface area contributed by atoms with Gasteiger partial charge in [0.15, 0.2) is 0 Å². The molecule has 2 atom stereocenters. The Bertz CT molecular complexity index is 686. The number of hydrogen-bond donors (Lipinski definition) is 2. The summed E-state index contributed by atoms with van der Waals surface area (Å²) in [4.78, 5) is 14.6. The number of hydrogen-bond acceptors (Lipinski definition) is 3. The first kappa shape index (κ1) is 18.7. The van der Waals surface area contributed by atoms with Crippen LogP contribution in [-0.2, 0) is 4.79 Å². The smallest absolute Gasteiger partial charge is 0.234 e. The zero-order valence-corrected chi connectivity index (χ0v) is 15.1. The van der Waals surface area contributed by atoms with Crippen LogP contribution in [0.25, 0.3) is 10.8 Å². The number of halogens is 1. The summed E-state index contributed by atoms with van der Waals surface area (Å²) in [6.07, 6.45) is 0. The van der Waals surface area contributed by atoms with E-state index in [2.05, 4.69) is 59.7 Å². The highest BCUT2D eigenvalue weighted by Crippen LogP contribution is 2.23. The van der Waals surface area contributed by atoms with Gasteiger partial charge in [-0.25, -0.2) is 0 Å². The lowest BCUT2D eigenvalue weighted by atomic mass is 10.00. The summed E-state index contributed by atoms with van der Waals surface area (Å²) in [5.74, 6) is 0.0965. The molecule has 0 spiro atoms. The number of piperazine rings is 1. The molecule has 2 aromatic rings. The number of rotatable bonds is 4. The number of carbonyl (C=O) groups is 1. The number of amides is 1. The van der Waals surface area contributed by atoms with E-state index in [4.69, 9.17) is 0 Å². The number of nitrogens with zero attached hydrogens (tertiary/aromatic N) is 1. The van der Waals surface area contributed by atoms with Crippen molar-refractivity contribution in [3.8, 4) is 0 Å². The Kier molecular flexibility index (Phi) is 6.60. The van der Waals surface area contributed by atoms with Crippen LogP contribution in [0.3, 0.4) is 0 Å². The fourth-order valence-corrected chi connectivity index (χ4v) is 3.30. The van der Waals surface area contributed by atoms with Crippen LogP contribution in [-0.4, -0.2) is 43.0 Å². The van der Waals surface area contributed by atoms with Crippen molar-refractivity contribution in [2.75, 3.05) is 26.2 Å². The first-order chi connectivity index (χ1) is 11.1. The normalized spacial score (nSPS) is 19.5. The number of benzene rings is 2. The second-order valence-electron chi connectivity index (χ2n) is 6.38. The molecule has 5 heteroatoms. The van der Waals surface area contributed by atoms with Crippen molar-refractivity contribution in [2.24, 2.45) is 0 Å². The SMILES string of the molecule is CC(NC(=O)CN1CCNC[C@H]1C)c1cccc2ccccc12.Cl. The van der Waals surface area contributed by atoms with Crippen LogP contribution in [0.2, 0.25) is 0 Å². The van der Waals surface area contributed by atoms with Gasteiger partial charge in [-0.05, 0) is 30.2 Å². The molecule has 24 heavy (non-hydrogen) atoms. The molecule has 1 fully saturated rings. The quantitative estimate of drug-likeness (QED) is 0.893. The molecule has 1 amide bonds. The van der Waals surface area contributed by atoms with Gasteiger partial charge in [-0.15, -0.1) is 12.4 Å². The van der Waals surface area contributed by atoms with Gasteiger partial charge in [-0.1, -0.05) is 42.5 Å². The average molecular weight is 348 g/mol. The molecule has 1 unspecified atom stereocenters. The van der Waals surface area contributed by atoms with E-state index >= 15 is 0 Å². The molecule has 4 nitrogen and oxygen atoms in total. The molecule has 0 aliphatic carbocycles. The minimum absolute atomic E-state index is 0. The predicted molar refractivity (Wildman–Crippen MR) is 102 cm³/mol. The Hall–Kier alpha value is -1.62. The van der Waals surface area contributed by atoms with Gasteiger partial charge >= 0.3 is 0 Å². The predicted octanol–water partition coefficient (Wildman–Crippen LogP) is 2.73. The summed E-state index contributed by atoms with van der Waals surface area (Å²) in [6, 6.07) is 15.0. The molecular weight excluding hydrogens is 322 g/mol. The summed E-state index contributed by atoms with van der Waals surface area (Å²) in [5.41, 5.74) is 1.17. The Balaban J connectivity index is 0.00000208. The van der Waals surface area contributed by atoms with Gasteiger partial charge in [-0.3, -0.25) is 9.69 Å². The van der Waals surface area contributed by atoms with E-state index < -0.39 is 0 Å². The molecule has 1 aliphatic heterocycles. The van der Waals surface area contributed by atoms with Crippen molar-refractivity contribution in [2.45, 2.75) is 25.9 Å². The van der Waals surface area contributed by atoms with Crippen molar-refractivity contribution < 1.29 is 4.79 Å². The van der Waals surface area contributed by atoms with Crippen LogP contribution < -0.4 is 10.6 Å². The van der Waals surface area contributed by atoms with Gasteiger partial charge in [0.2, 0.25) is 5.91 Å². The number of nitrogens with one attached hydrogen (secondary N) is 2. The van der Waals surface area contributed by atoms with Crippen molar-refractivity contribution in [3.63, 3.8) is 0 Å². The minimum Gasteiger partial charge on any atom is -0.348 e. The molecule has 2 N–H and O–H groups in total. The highest BCUT2D eigenvalue weighted by atomic mass is 35.5. The molecule has 1 heterocycles. The summed E-state index contributed by atoms with van der Waals surface area (Å²) in [7, 11) is 0. The molecule has 2 aromatic carbocycles. The third-order valence-electron chi connectivity index (χ3n) is 4.65. The molecule has 3 rings (SSSR count). The van der Waals surface area contributed by atoms with E-state index in [9.17, 15) is 4.79 Å². The zero-order valence-electron chi connectivity index (χ0n) is 14.3. The maximum absolute atomic E-state index is 12.4. The van der Waals surface area contributed by atoms with E-state index in [1.807, 2.05) is 12.1 Å². The van der Waals surface area contributed by atoms with Crippen LogP contribution in [0.15, 0.2) is 42.5 Å². The molecule has 0 saturated carbocycles. The van der Waals surface area contributed by atoms with E-state index in [0.29, 0.717) is 12.6 Å². The number of fused-ring (bicyclic) bond motifs is 1. The fraction of sp³-hybridized carbons (Fsp3) is 0.421. The standard InChI is InChI=1S/C19H25N3O.ClH/c1-14-12-20-10-11-22(14)13-19(23)21-15(2)17-9-5-7-16-6-3-4-8-18(16)17;/h3-9,14-15,20H,10-13H2,1-2H3,(H,21,23);1H/t14-,15?;/m1./s1. The Morgan fingerprint density at radius 2 is 2.04 bits per heavy atom. The molecule has 0 radical (unpaired) electrons. The van der Waals surface area contributed by atoms with Gasteiger partial charge in [-0.2, -0.15) is 0 Å². The van der Waals surface area contributed by atoms with Crippen molar-refractivity contribution >= 4 is 29.1 Å². The topological polar surface area (TPSA) is 44.4 Å². The number of carbonyl (C=O) groups excluding carboxylic acids is 1. The maximum atomic E-state index is 12.4. The highest BCUT2D eigenvalue weighted by molar-refractivity contribution is 5.87. The van der Waals surface area contributed by atoms with Gasteiger partial charge in [0.05, 0.1) is 12.6 Å². The Labute approximate surface area is 150 Å². The van der Waals surface area contributed by atoms with Crippen molar-refractivity contribution in [1.29, 1.82) is 0 Å². The molecule has 1 aliphatic rings. The second-order valence-corrected chi connectivity index (χ2v) is 6.38. The van der Waals surface area contributed by atoms with Crippen LogP contribution >= 0.6 is 12.4 Å². The lowest BCUT2D eigenvalue weighted by Gasteiger charge is -2.33. The molecule has 130 valence electrons. The van der Waals surface area contributed by atoms with Gasteiger partial charge in [0, 0.05) is 25.7 Å². The van der Waals surface area contributed by atoms with Crippen molar-refractivity contribution in [1.82, 2.24) is 15.5 Å². The van der Waals surface area contributed by atoms with Crippen LogP contribution in [0.1, 0.15) is 25.5 Å². The van der Waals surface area contributed by atoms with Crippen LogP contribution in [0, 0.1) is 0 Å². The van der Waals surface area contributed by atoms with Gasteiger partial charge in [0.1, 0.15) is 0 Å². The summed E-state index contributed by atoms with van der Waals surface area (Å²) in [5, 5.41) is 8.92. The summed E-state index contributed by atoms with van der Waals surface area (Å²) in [6.45, 7) is 7.52. The van der Waals surface area contributed by atoms with E-state index in [1.165, 1.54) is 16.3 Å². The summed E-state index contributed by atoms with van der Waals surface area (Å²) >= 11 is 0. The summed E-state index contributed by atoms with van der Waals surface area (Å²) < 4.78 is 0. The van der Waals surface area contributed by atoms with Gasteiger partial charge < -0.3 is 10.6 Å². The van der Waals surface area contributed by atoms with E-state index in [1.54, 1.807) is 0 Å². The second kappa shape index (κ2) is 8.47. The molecule has 0 bridgehead atoms. The Morgan fingerprint density at radius 3 is 2.83 bits per heavy atom. The van der Waals surface area contributed by atoms with Crippen LogP contribution in [0.4, 0.5) is 0 Å². The largest absolute Gasteiger partial charge is 0.348 e. The minimum atomic E-state index is 0. The van der Waals surface area contributed by atoms with E-state index in [-0.39, 0.29) is 24.4 Å². The first-order valence-corrected chi connectivity index (χ1v) is 8.37. The van der Waals surface area contributed by atoms with Crippen molar-refractivity contribution in [3.05, 3.63) is 48.0 Å². The molecule has 1 saturated heterocycles. The highest BCUT2D eigenvalue weighted by Gasteiger charge is 2.21. The van der Waals surface area contributed by atoms with E-state index in [0.717, 1.165) is 19.6 Å². The lowest BCUT2D eigenvalue weighted by molar-refractivity contribution is -0.123. The molecule has 0 aromatic heterocycles. The third kappa shape index (κ3) is 4.26. The first-order valence-electron chi connectivity index (χ1n) is 8.37.